The fraction of sp³-hybridized carbons (Fsp3) is 0.800. The predicted octanol–water partition coefficient (Wildman–Crippen LogP) is 3.12. The minimum Gasteiger partial charge on any atom is -0.445 e. The maximum absolute atomic E-state index is 5.91. The highest BCUT2D eigenvalue weighted by Crippen LogP contribution is 2.63. The molecule has 1 N–H and O–H groups in total. The molecule has 3 nitrogen and oxygen atoms in total. The summed E-state index contributed by atoms with van der Waals surface area (Å²) in [5.41, 5.74) is 0. The highest BCUT2D eigenvalue weighted by atomic mass is 16.4. The third-order valence-electron chi connectivity index (χ3n) is 4.48. The van der Waals surface area contributed by atoms with E-state index in [1.807, 2.05) is 6.20 Å². The Hall–Kier alpha value is -0.830. The van der Waals surface area contributed by atoms with E-state index < -0.39 is 0 Å². The first-order valence-corrected chi connectivity index (χ1v) is 7.55. The number of fused-ring (bicyclic) bond motifs is 1. The zero-order chi connectivity index (χ0) is 12.4. The molecule has 2 unspecified atom stereocenters. The normalized spacial score (nSPS) is 29.5. The van der Waals surface area contributed by atoms with Crippen LogP contribution in [-0.4, -0.2) is 18.1 Å². The van der Waals surface area contributed by atoms with Gasteiger partial charge in [0.05, 0.1) is 6.20 Å². The van der Waals surface area contributed by atoms with Gasteiger partial charge in [0.15, 0.2) is 5.89 Å². The van der Waals surface area contributed by atoms with Crippen LogP contribution in [0, 0.1) is 11.8 Å². The molecule has 1 aromatic heterocycles. The lowest BCUT2D eigenvalue weighted by molar-refractivity contribution is 0.433. The Morgan fingerprint density at radius 1 is 1.33 bits per heavy atom. The molecule has 0 radical (unpaired) electrons. The molecule has 2 fully saturated rings. The number of nitrogens with one attached hydrogen (secondary N) is 1. The van der Waals surface area contributed by atoms with Crippen molar-refractivity contribution in [2.75, 3.05) is 13.1 Å². The van der Waals surface area contributed by atoms with Gasteiger partial charge in [-0.3, -0.25) is 0 Å². The Kier molecular flexibility index (Phi) is 3.69. The molecule has 0 aliphatic heterocycles. The zero-order valence-corrected chi connectivity index (χ0v) is 11.3. The fourth-order valence-corrected chi connectivity index (χ4v) is 3.50. The third-order valence-corrected chi connectivity index (χ3v) is 4.48. The molecule has 0 bridgehead atoms. The van der Waals surface area contributed by atoms with E-state index in [0.717, 1.165) is 49.6 Å². The van der Waals surface area contributed by atoms with Crippen molar-refractivity contribution in [2.24, 2.45) is 11.8 Å². The van der Waals surface area contributed by atoms with Gasteiger partial charge in [-0.15, -0.1) is 0 Å². The van der Waals surface area contributed by atoms with Crippen LogP contribution < -0.4 is 5.32 Å². The van der Waals surface area contributed by atoms with Gasteiger partial charge >= 0.3 is 0 Å². The summed E-state index contributed by atoms with van der Waals surface area (Å²) >= 11 is 0. The average Bonchev–Trinajstić information content (AvgIpc) is 2.81. The summed E-state index contributed by atoms with van der Waals surface area (Å²) in [5.74, 6) is 4.68. The first-order valence-electron chi connectivity index (χ1n) is 7.55. The van der Waals surface area contributed by atoms with Crippen LogP contribution in [0.15, 0.2) is 10.6 Å². The van der Waals surface area contributed by atoms with Crippen molar-refractivity contribution >= 4 is 0 Å². The van der Waals surface area contributed by atoms with Gasteiger partial charge in [0.1, 0.15) is 5.76 Å². The maximum Gasteiger partial charge on any atom is 0.194 e. The molecule has 100 valence electrons. The summed E-state index contributed by atoms with van der Waals surface area (Å²) in [6, 6.07) is 0. The molecule has 0 saturated heterocycles. The van der Waals surface area contributed by atoms with Crippen molar-refractivity contribution in [1.29, 1.82) is 0 Å². The van der Waals surface area contributed by atoms with Crippen molar-refractivity contribution in [3.63, 3.8) is 0 Å². The van der Waals surface area contributed by atoms with Gasteiger partial charge < -0.3 is 9.73 Å². The molecule has 0 aromatic carbocycles. The van der Waals surface area contributed by atoms with Crippen LogP contribution in [0.5, 0.6) is 0 Å². The molecule has 0 amide bonds. The number of rotatable bonds is 7. The molecular weight excluding hydrogens is 224 g/mol. The molecule has 18 heavy (non-hydrogen) atoms. The Bertz CT molecular complexity index is 378. The van der Waals surface area contributed by atoms with Crippen LogP contribution in [0.2, 0.25) is 0 Å². The molecular formula is C15H24N2O. The van der Waals surface area contributed by atoms with Crippen LogP contribution in [0.1, 0.15) is 56.6 Å². The second kappa shape index (κ2) is 5.43. The molecule has 2 atom stereocenters. The van der Waals surface area contributed by atoms with E-state index in [4.69, 9.17) is 4.42 Å². The topological polar surface area (TPSA) is 38.1 Å². The van der Waals surface area contributed by atoms with Gasteiger partial charge in [0.25, 0.3) is 0 Å². The molecule has 1 aromatic rings. The number of hydrogen-bond acceptors (Lipinski definition) is 3. The second-order valence-electron chi connectivity index (χ2n) is 5.79. The van der Waals surface area contributed by atoms with Gasteiger partial charge in [-0.25, -0.2) is 4.98 Å². The monoisotopic (exact) mass is 248 g/mol. The van der Waals surface area contributed by atoms with E-state index in [1.54, 1.807) is 0 Å². The average molecular weight is 248 g/mol. The van der Waals surface area contributed by atoms with Crippen LogP contribution in [0.4, 0.5) is 0 Å². The summed E-state index contributed by atoms with van der Waals surface area (Å²) in [5, 5.41) is 3.41. The minimum atomic E-state index is 0.721. The summed E-state index contributed by atoms with van der Waals surface area (Å²) in [6.07, 6.45) is 9.52. The molecule has 3 rings (SSSR count). The van der Waals surface area contributed by atoms with Gasteiger partial charge in [-0.05, 0) is 50.6 Å². The van der Waals surface area contributed by atoms with E-state index in [2.05, 4.69) is 17.2 Å². The van der Waals surface area contributed by atoms with E-state index in [0.29, 0.717) is 0 Å². The van der Waals surface area contributed by atoms with Crippen LogP contribution in [0.3, 0.4) is 0 Å². The Balaban J connectivity index is 1.43. The number of hydrogen-bond donors (Lipinski definition) is 1. The predicted molar refractivity (Wildman–Crippen MR) is 71.6 cm³/mol. The number of oxazole rings is 1. The van der Waals surface area contributed by atoms with Crippen molar-refractivity contribution in [3.8, 4) is 0 Å². The quantitative estimate of drug-likeness (QED) is 0.753. The lowest BCUT2D eigenvalue weighted by Gasteiger charge is -2.00. The van der Waals surface area contributed by atoms with Gasteiger partial charge in [-0.1, -0.05) is 13.3 Å². The molecule has 2 aliphatic rings. The number of aromatic nitrogens is 1. The van der Waals surface area contributed by atoms with Crippen molar-refractivity contribution < 1.29 is 4.42 Å². The van der Waals surface area contributed by atoms with E-state index >= 15 is 0 Å². The molecule has 3 heteroatoms. The van der Waals surface area contributed by atoms with Gasteiger partial charge in [0.2, 0.25) is 0 Å². The smallest absolute Gasteiger partial charge is 0.194 e. The number of aryl methyl sites for hydroxylation is 1. The van der Waals surface area contributed by atoms with Crippen molar-refractivity contribution in [2.45, 2.75) is 51.4 Å². The maximum atomic E-state index is 5.91. The van der Waals surface area contributed by atoms with E-state index in [9.17, 15) is 0 Å². The second-order valence-corrected chi connectivity index (χ2v) is 5.79. The minimum absolute atomic E-state index is 0.721. The summed E-state index contributed by atoms with van der Waals surface area (Å²) < 4.78 is 5.91. The van der Waals surface area contributed by atoms with E-state index in [-0.39, 0.29) is 0 Å². The van der Waals surface area contributed by atoms with Crippen molar-refractivity contribution in [3.05, 3.63) is 17.8 Å². The van der Waals surface area contributed by atoms with Crippen LogP contribution in [-0.2, 0) is 6.42 Å². The Morgan fingerprint density at radius 3 is 2.94 bits per heavy atom. The SMILES string of the molecule is CCCNCCCc1ncc(C2C3CCCC32)o1. The molecule has 0 spiro atoms. The first-order chi connectivity index (χ1) is 8.90. The molecule has 1 heterocycles. The summed E-state index contributed by atoms with van der Waals surface area (Å²) in [7, 11) is 0. The standard InChI is InChI=1S/C15H24N2O/c1-2-8-16-9-4-7-14-17-10-13(18-14)15-11-5-3-6-12(11)15/h10-12,15-16H,2-9H2,1H3. The lowest BCUT2D eigenvalue weighted by atomic mass is 10.1. The van der Waals surface area contributed by atoms with Gasteiger partial charge in [-0.2, -0.15) is 0 Å². The third kappa shape index (κ3) is 2.46. The lowest BCUT2D eigenvalue weighted by Crippen LogP contribution is -2.16. The van der Waals surface area contributed by atoms with Crippen molar-refractivity contribution in [1.82, 2.24) is 10.3 Å². The van der Waals surface area contributed by atoms with Crippen LogP contribution in [0.25, 0.3) is 0 Å². The summed E-state index contributed by atoms with van der Waals surface area (Å²) in [4.78, 5) is 4.43. The number of nitrogens with zero attached hydrogens (tertiary/aromatic N) is 1. The highest BCUT2D eigenvalue weighted by molar-refractivity contribution is 5.19. The fourth-order valence-electron chi connectivity index (χ4n) is 3.50. The Labute approximate surface area is 109 Å². The van der Waals surface area contributed by atoms with E-state index in [1.165, 1.54) is 31.4 Å². The van der Waals surface area contributed by atoms with Crippen LogP contribution >= 0.6 is 0 Å². The summed E-state index contributed by atoms with van der Waals surface area (Å²) in [6.45, 7) is 4.38. The highest BCUT2D eigenvalue weighted by Gasteiger charge is 2.54. The molecule has 2 aliphatic carbocycles. The zero-order valence-electron chi connectivity index (χ0n) is 11.3. The Morgan fingerprint density at radius 2 is 2.17 bits per heavy atom. The first kappa shape index (κ1) is 12.2. The molecule has 2 saturated carbocycles. The van der Waals surface area contributed by atoms with Gasteiger partial charge in [0, 0.05) is 12.3 Å². The largest absolute Gasteiger partial charge is 0.445 e.